The quantitative estimate of drug-likeness (QED) is 0.564. The first-order chi connectivity index (χ1) is 15.1. The molecule has 2 aromatic heterocycles. The molecule has 2 aromatic rings. The number of thiophene rings is 1. The number of nitrogens with one attached hydrogen (secondary N) is 2. The summed E-state index contributed by atoms with van der Waals surface area (Å²) < 4.78 is 6.65. The number of carbonyl (C=O) groups is 2. The third kappa shape index (κ3) is 5.50. The van der Waals surface area contributed by atoms with E-state index >= 15 is 0 Å². The van der Waals surface area contributed by atoms with E-state index in [1.807, 2.05) is 0 Å². The molecule has 1 aliphatic carbocycles. The van der Waals surface area contributed by atoms with Crippen LogP contribution in [0.5, 0.6) is 0 Å². The Morgan fingerprint density at radius 1 is 1.13 bits per heavy atom. The van der Waals surface area contributed by atoms with Gasteiger partial charge in [-0.3, -0.25) is 23.9 Å². The minimum absolute atomic E-state index is 0.103. The van der Waals surface area contributed by atoms with E-state index in [0.29, 0.717) is 11.9 Å². The lowest BCUT2D eigenvalue weighted by atomic mass is 9.97. The van der Waals surface area contributed by atoms with E-state index < -0.39 is 0 Å². The Kier molecular flexibility index (Phi) is 7.31. The Labute approximate surface area is 184 Å². The molecule has 2 amide bonds. The first-order valence-electron chi connectivity index (χ1n) is 10.9. The predicted molar refractivity (Wildman–Crippen MR) is 118 cm³/mol. The van der Waals surface area contributed by atoms with Gasteiger partial charge >= 0.3 is 0 Å². The van der Waals surface area contributed by atoms with Gasteiger partial charge in [0.2, 0.25) is 11.8 Å². The largest absolute Gasteiger partial charge is 0.379 e. The smallest absolute Gasteiger partial charge is 0.262 e. The second-order valence-corrected chi connectivity index (χ2v) is 9.09. The summed E-state index contributed by atoms with van der Waals surface area (Å²) in [7, 11) is 0. The lowest BCUT2D eigenvalue weighted by Gasteiger charge is -2.26. The van der Waals surface area contributed by atoms with E-state index in [4.69, 9.17) is 4.74 Å². The molecule has 1 aliphatic heterocycles. The highest BCUT2D eigenvalue weighted by atomic mass is 32.1. The summed E-state index contributed by atoms with van der Waals surface area (Å²) in [4.78, 5) is 45.9. The van der Waals surface area contributed by atoms with Crippen molar-refractivity contribution in [3.63, 3.8) is 0 Å². The zero-order chi connectivity index (χ0) is 21.6. The summed E-state index contributed by atoms with van der Waals surface area (Å²) >= 11 is 1.59. The number of morpholine rings is 1. The molecule has 1 saturated heterocycles. The summed E-state index contributed by atoms with van der Waals surface area (Å²) in [6.07, 6.45) is 6.40. The average Bonchev–Trinajstić information content (AvgIpc) is 3.17. The first-order valence-corrected chi connectivity index (χ1v) is 11.8. The minimum atomic E-state index is -0.379. The van der Waals surface area contributed by atoms with Crippen molar-refractivity contribution in [2.24, 2.45) is 0 Å². The van der Waals surface area contributed by atoms with Crippen molar-refractivity contribution in [3.8, 4) is 0 Å². The normalized spacial score (nSPS) is 16.8. The molecule has 0 saturated carbocycles. The highest BCUT2D eigenvalue weighted by Crippen LogP contribution is 2.33. The molecular formula is C21H29N5O4S. The van der Waals surface area contributed by atoms with Crippen LogP contribution in [0.2, 0.25) is 0 Å². The molecule has 1 fully saturated rings. The van der Waals surface area contributed by atoms with Gasteiger partial charge in [-0.25, -0.2) is 4.98 Å². The molecule has 0 radical (unpaired) electrons. The van der Waals surface area contributed by atoms with Crippen LogP contribution in [0.15, 0.2) is 11.1 Å². The maximum absolute atomic E-state index is 12.9. The van der Waals surface area contributed by atoms with Gasteiger partial charge in [-0.2, -0.15) is 0 Å². The van der Waals surface area contributed by atoms with Crippen molar-refractivity contribution in [1.29, 1.82) is 0 Å². The lowest BCUT2D eigenvalue weighted by Crippen LogP contribution is -2.41. The average molecular weight is 448 g/mol. The topological polar surface area (TPSA) is 106 Å². The van der Waals surface area contributed by atoms with Crippen molar-refractivity contribution in [3.05, 3.63) is 27.1 Å². The zero-order valence-electron chi connectivity index (χ0n) is 17.7. The molecule has 31 heavy (non-hydrogen) atoms. The fourth-order valence-electron chi connectivity index (χ4n) is 4.10. The third-order valence-corrected chi connectivity index (χ3v) is 6.98. The van der Waals surface area contributed by atoms with E-state index in [1.165, 1.54) is 15.8 Å². The van der Waals surface area contributed by atoms with E-state index in [9.17, 15) is 14.4 Å². The number of ether oxygens (including phenoxy) is 1. The van der Waals surface area contributed by atoms with Crippen molar-refractivity contribution in [2.75, 3.05) is 45.9 Å². The number of fused-ring (bicyclic) bond motifs is 3. The summed E-state index contributed by atoms with van der Waals surface area (Å²) in [6, 6.07) is 0. The van der Waals surface area contributed by atoms with Gasteiger partial charge in [0.15, 0.2) is 0 Å². The summed E-state index contributed by atoms with van der Waals surface area (Å²) in [6.45, 7) is 4.62. The molecule has 0 spiro atoms. The molecule has 9 nitrogen and oxygen atoms in total. The Morgan fingerprint density at radius 3 is 2.77 bits per heavy atom. The lowest BCUT2D eigenvalue weighted by molar-refractivity contribution is -0.126. The molecule has 0 atom stereocenters. The number of carbonyl (C=O) groups excluding carboxylic acids is 2. The van der Waals surface area contributed by atoms with Crippen LogP contribution in [-0.4, -0.2) is 72.2 Å². The van der Waals surface area contributed by atoms with Crippen LogP contribution in [-0.2, 0) is 33.7 Å². The zero-order valence-corrected chi connectivity index (χ0v) is 18.5. The second-order valence-electron chi connectivity index (χ2n) is 8.00. The summed E-state index contributed by atoms with van der Waals surface area (Å²) in [5, 5.41) is 6.07. The summed E-state index contributed by atoms with van der Waals surface area (Å²) in [5.41, 5.74) is 0.932. The van der Waals surface area contributed by atoms with Gasteiger partial charge in [0, 0.05) is 24.5 Å². The minimum Gasteiger partial charge on any atom is -0.379 e. The molecule has 4 rings (SSSR count). The number of rotatable bonds is 8. The van der Waals surface area contributed by atoms with Gasteiger partial charge in [-0.05, 0) is 44.2 Å². The van der Waals surface area contributed by atoms with E-state index in [1.54, 1.807) is 11.3 Å². The number of hydrogen-bond acceptors (Lipinski definition) is 7. The Balaban J connectivity index is 1.23. The van der Waals surface area contributed by atoms with Gasteiger partial charge < -0.3 is 15.4 Å². The maximum atomic E-state index is 12.9. The molecule has 168 valence electrons. The molecular weight excluding hydrogens is 418 g/mol. The fourth-order valence-corrected chi connectivity index (χ4v) is 5.32. The molecule has 2 aliphatic rings. The van der Waals surface area contributed by atoms with E-state index in [-0.39, 0.29) is 30.5 Å². The third-order valence-electron chi connectivity index (χ3n) is 5.78. The number of hydrogen-bond donors (Lipinski definition) is 2. The molecule has 10 heteroatoms. The highest BCUT2D eigenvalue weighted by Gasteiger charge is 2.20. The van der Waals surface area contributed by atoms with Gasteiger partial charge in [-0.1, -0.05) is 0 Å². The molecule has 2 N–H and O–H groups in total. The Morgan fingerprint density at radius 2 is 1.94 bits per heavy atom. The van der Waals surface area contributed by atoms with Crippen LogP contribution in [0.25, 0.3) is 10.2 Å². The monoisotopic (exact) mass is 447 g/mol. The maximum Gasteiger partial charge on any atom is 0.262 e. The molecule has 0 bridgehead atoms. The Hall–Kier alpha value is -2.30. The van der Waals surface area contributed by atoms with Crippen LogP contribution in [0.1, 0.15) is 29.7 Å². The molecule has 0 aromatic carbocycles. The van der Waals surface area contributed by atoms with E-state index in [2.05, 4.69) is 20.5 Å². The van der Waals surface area contributed by atoms with E-state index in [0.717, 1.165) is 75.3 Å². The fraction of sp³-hybridized carbons (Fsp3) is 0.619. The van der Waals surface area contributed by atoms with Gasteiger partial charge in [-0.15, -0.1) is 11.3 Å². The van der Waals surface area contributed by atoms with Crippen LogP contribution in [0.3, 0.4) is 0 Å². The van der Waals surface area contributed by atoms with Crippen molar-refractivity contribution in [2.45, 2.75) is 38.6 Å². The van der Waals surface area contributed by atoms with Crippen LogP contribution >= 0.6 is 11.3 Å². The SMILES string of the molecule is O=C(CNC(=O)Cn1cnc2sc3c(c2c1=O)CCCC3)NCCCN1CCOCC1. The summed E-state index contributed by atoms with van der Waals surface area (Å²) in [5.74, 6) is -0.612. The van der Waals surface area contributed by atoms with Gasteiger partial charge in [0.1, 0.15) is 11.4 Å². The number of nitrogens with zero attached hydrogens (tertiary/aromatic N) is 3. The van der Waals surface area contributed by atoms with Crippen molar-refractivity contribution in [1.82, 2.24) is 25.1 Å². The number of aryl methyl sites for hydroxylation is 2. The van der Waals surface area contributed by atoms with Gasteiger partial charge in [0.25, 0.3) is 5.56 Å². The van der Waals surface area contributed by atoms with Crippen LogP contribution in [0.4, 0.5) is 0 Å². The highest BCUT2D eigenvalue weighted by molar-refractivity contribution is 7.18. The number of amides is 2. The van der Waals surface area contributed by atoms with Crippen LogP contribution in [0, 0.1) is 0 Å². The first kappa shape index (κ1) is 21.9. The van der Waals surface area contributed by atoms with Gasteiger partial charge in [0.05, 0.1) is 31.5 Å². The predicted octanol–water partition coefficient (Wildman–Crippen LogP) is 0.292. The van der Waals surface area contributed by atoms with Crippen molar-refractivity contribution >= 4 is 33.4 Å². The standard InChI is InChI=1S/C21H29N5O4S/c27-17(22-6-3-7-25-8-10-30-11-9-25)12-23-18(28)13-26-14-24-20-19(21(26)29)15-4-1-2-5-16(15)31-20/h14H,1-13H2,(H,22,27)(H,23,28). The van der Waals surface area contributed by atoms with Crippen molar-refractivity contribution < 1.29 is 14.3 Å². The number of aromatic nitrogens is 2. The Bertz CT molecular complexity index is 996. The van der Waals surface area contributed by atoms with Crippen LogP contribution < -0.4 is 16.2 Å². The molecule has 0 unspecified atom stereocenters. The second kappa shape index (κ2) is 10.3. The molecule has 3 heterocycles.